The molecule has 0 aromatic heterocycles. The Bertz CT molecular complexity index is 1290. The lowest BCUT2D eigenvalue weighted by Gasteiger charge is -2.36. The normalized spacial score (nSPS) is 14.7. The number of nitrogens with zero attached hydrogens (tertiary/aromatic N) is 3. The Morgan fingerprint density at radius 1 is 0.755 bits per heavy atom. The molecule has 0 radical (unpaired) electrons. The van der Waals surface area contributed by atoms with Gasteiger partial charge >= 0.3 is 6.16 Å². The summed E-state index contributed by atoms with van der Waals surface area (Å²) in [6.45, 7) is 8.02. The monoisotopic (exact) mass is 717 g/mol. The van der Waals surface area contributed by atoms with E-state index < -0.39 is 6.16 Å². The molecule has 0 atom stereocenters. The zero-order valence-corrected chi connectivity index (χ0v) is 31.1. The molecule has 2 heterocycles. The minimum absolute atomic E-state index is 0.203. The number of unbranched alkanes of at least 4 members (excludes halogenated alkanes) is 12. The Kier molecular flexibility index (Phi) is 18.3. The van der Waals surface area contributed by atoms with Gasteiger partial charge in [0.1, 0.15) is 5.75 Å². The van der Waals surface area contributed by atoms with Crippen molar-refractivity contribution in [3.05, 3.63) is 52.0 Å². The lowest BCUT2D eigenvalue weighted by molar-refractivity contribution is -0.00159. The van der Waals surface area contributed by atoms with E-state index in [2.05, 4.69) is 27.8 Å². The number of carbonyl (C=O) groups excluding carboxylic acids is 1. The second kappa shape index (κ2) is 22.9. The van der Waals surface area contributed by atoms with E-state index in [0.717, 1.165) is 87.5 Å². The molecule has 2 aliphatic heterocycles. The highest BCUT2D eigenvalue weighted by Gasteiger charge is 2.20. The van der Waals surface area contributed by atoms with E-state index in [4.69, 9.17) is 42.1 Å². The molecule has 1 fully saturated rings. The van der Waals surface area contributed by atoms with Crippen molar-refractivity contribution in [1.82, 2.24) is 4.90 Å². The van der Waals surface area contributed by atoms with Gasteiger partial charge in [0.2, 0.25) is 6.79 Å². The molecule has 0 aliphatic carbocycles. The summed E-state index contributed by atoms with van der Waals surface area (Å²) in [5, 5.41) is 1.24. The van der Waals surface area contributed by atoms with Crippen LogP contribution in [-0.4, -0.2) is 69.7 Å². The fourth-order valence-corrected chi connectivity index (χ4v) is 6.76. The maximum absolute atomic E-state index is 12.0. The molecule has 2 aromatic rings. The van der Waals surface area contributed by atoms with E-state index in [0.29, 0.717) is 35.6 Å². The molecule has 0 amide bonds. The van der Waals surface area contributed by atoms with Crippen LogP contribution in [0.3, 0.4) is 0 Å². The Hall–Kier alpha value is -2.68. The Labute approximate surface area is 304 Å². The molecule has 49 heavy (non-hydrogen) atoms. The predicted molar refractivity (Wildman–Crippen MR) is 201 cm³/mol. The van der Waals surface area contributed by atoms with E-state index in [1.807, 2.05) is 30.3 Å². The van der Waals surface area contributed by atoms with Crippen molar-refractivity contribution in [1.29, 1.82) is 0 Å². The van der Waals surface area contributed by atoms with Gasteiger partial charge in [0.25, 0.3) is 0 Å². The molecule has 0 bridgehead atoms. The molecule has 2 aliphatic rings. The summed E-state index contributed by atoms with van der Waals surface area (Å²) in [5.74, 6) is 1.35. The molecule has 8 nitrogen and oxygen atoms in total. The molecule has 272 valence electrons. The number of anilines is 1. The number of ether oxygens (including phenoxy) is 4. The summed E-state index contributed by atoms with van der Waals surface area (Å²) in [6.07, 6.45) is 18.0. The van der Waals surface area contributed by atoms with Crippen molar-refractivity contribution in [2.24, 2.45) is 4.99 Å². The van der Waals surface area contributed by atoms with Gasteiger partial charge in [-0.2, -0.15) is 0 Å². The molecule has 0 unspecified atom stereocenters. The fraction of sp³-hybridized carbons (Fsp3) is 0.641. The number of hydrogen-bond donors (Lipinski definition) is 0. The molecular weight excluding hydrogens is 661 g/mol. The third kappa shape index (κ3) is 14.6. The highest BCUT2D eigenvalue weighted by molar-refractivity contribution is 6.43. The van der Waals surface area contributed by atoms with Gasteiger partial charge in [0.05, 0.1) is 34.6 Å². The summed E-state index contributed by atoms with van der Waals surface area (Å²) in [4.78, 5) is 21.4. The molecule has 1 saturated heterocycles. The maximum Gasteiger partial charge on any atom is 0.511 e. The Morgan fingerprint density at radius 3 is 2.18 bits per heavy atom. The zero-order chi connectivity index (χ0) is 34.5. The molecule has 4 rings (SSSR count). The van der Waals surface area contributed by atoms with Crippen molar-refractivity contribution in [2.75, 3.05) is 57.6 Å². The summed E-state index contributed by atoms with van der Waals surface area (Å²) in [7, 11) is 0. The van der Waals surface area contributed by atoms with Crippen LogP contribution >= 0.6 is 23.2 Å². The lowest BCUT2D eigenvalue weighted by atomic mass is 10.0. The highest BCUT2D eigenvalue weighted by Crippen LogP contribution is 2.33. The first-order valence-corrected chi connectivity index (χ1v) is 19.5. The smallest absolute Gasteiger partial charge is 0.494 e. The SMILES string of the molecule is CCCCCCCCCCCCCCOC(=O)OCOC1=Nc2cc(OCCCCN3CCN(c4cccc(Cl)c4Cl)CC3)ccc2CC1. The standard InChI is InChI=1S/C39H57Cl2N3O5/c1-2-3-4-5-6-7-8-9-10-11-12-14-29-47-39(45)49-31-48-37-22-20-32-19-21-33(30-35(32)42-37)46-28-15-13-23-43-24-26-44(27-25-43)36-18-16-17-34(40)38(36)41/h16-19,21,30H,2-15,20,22-29,31H2,1H3. The van der Waals surface area contributed by atoms with E-state index in [-0.39, 0.29) is 6.79 Å². The first-order chi connectivity index (χ1) is 24.0. The average molecular weight is 719 g/mol. The number of rotatable bonds is 22. The zero-order valence-electron chi connectivity index (χ0n) is 29.6. The van der Waals surface area contributed by atoms with Gasteiger partial charge in [-0.15, -0.1) is 0 Å². The van der Waals surface area contributed by atoms with Crippen molar-refractivity contribution in [2.45, 2.75) is 110 Å². The summed E-state index contributed by atoms with van der Waals surface area (Å²) < 4.78 is 22.0. The molecule has 0 saturated carbocycles. The molecule has 0 N–H and O–H groups in total. The van der Waals surface area contributed by atoms with Crippen LogP contribution in [0.2, 0.25) is 10.0 Å². The van der Waals surface area contributed by atoms with Gasteiger partial charge in [-0.25, -0.2) is 9.79 Å². The van der Waals surface area contributed by atoms with Crippen LogP contribution in [0.5, 0.6) is 5.75 Å². The third-order valence-electron chi connectivity index (χ3n) is 9.31. The molecule has 0 spiro atoms. The predicted octanol–water partition coefficient (Wildman–Crippen LogP) is 10.8. The maximum atomic E-state index is 12.0. The first-order valence-electron chi connectivity index (χ1n) is 18.7. The second-order valence-corrected chi connectivity index (χ2v) is 13.9. The molecule has 2 aromatic carbocycles. The van der Waals surface area contributed by atoms with Crippen molar-refractivity contribution >= 4 is 46.6 Å². The topological polar surface area (TPSA) is 72.8 Å². The highest BCUT2D eigenvalue weighted by atomic mass is 35.5. The van der Waals surface area contributed by atoms with Crippen molar-refractivity contribution in [3.63, 3.8) is 0 Å². The fourth-order valence-electron chi connectivity index (χ4n) is 6.35. The van der Waals surface area contributed by atoms with E-state index >= 15 is 0 Å². The number of aryl methyl sites for hydroxylation is 1. The summed E-state index contributed by atoms with van der Waals surface area (Å²) in [6, 6.07) is 11.9. The van der Waals surface area contributed by atoms with Crippen LogP contribution in [-0.2, 0) is 20.6 Å². The van der Waals surface area contributed by atoms with Crippen LogP contribution in [0.4, 0.5) is 16.2 Å². The van der Waals surface area contributed by atoms with Crippen molar-refractivity contribution < 1.29 is 23.7 Å². The number of aliphatic imine (C=N–C) groups is 1. The van der Waals surface area contributed by atoms with Crippen molar-refractivity contribution in [3.8, 4) is 5.75 Å². The number of carbonyl (C=O) groups is 1. The third-order valence-corrected chi connectivity index (χ3v) is 10.1. The Morgan fingerprint density at radius 2 is 1.45 bits per heavy atom. The van der Waals surface area contributed by atoms with Gasteiger partial charge in [-0.3, -0.25) is 4.90 Å². The minimum Gasteiger partial charge on any atom is -0.494 e. The van der Waals surface area contributed by atoms with E-state index in [1.165, 1.54) is 64.2 Å². The van der Waals surface area contributed by atoms with Crippen LogP contribution < -0.4 is 9.64 Å². The van der Waals surface area contributed by atoms with Crippen LogP contribution in [0.15, 0.2) is 41.4 Å². The van der Waals surface area contributed by atoms with Gasteiger partial charge in [-0.05, 0) is 56.0 Å². The van der Waals surface area contributed by atoms with Crippen LogP contribution in [0, 0.1) is 0 Å². The first kappa shape index (κ1) is 39.1. The number of fused-ring (bicyclic) bond motifs is 1. The summed E-state index contributed by atoms with van der Waals surface area (Å²) >= 11 is 12.6. The number of halogens is 2. The number of piperazine rings is 1. The molecular formula is C39H57Cl2N3O5. The van der Waals surface area contributed by atoms with Gasteiger partial charge < -0.3 is 23.8 Å². The van der Waals surface area contributed by atoms with Crippen LogP contribution in [0.1, 0.15) is 109 Å². The van der Waals surface area contributed by atoms with E-state index in [1.54, 1.807) is 0 Å². The second-order valence-electron chi connectivity index (χ2n) is 13.1. The quantitative estimate of drug-likeness (QED) is 0.0682. The minimum atomic E-state index is -0.694. The number of benzene rings is 2. The molecule has 10 heteroatoms. The van der Waals surface area contributed by atoms with E-state index in [9.17, 15) is 4.79 Å². The van der Waals surface area contributed by atoms with Gasteiger partial charge in [-0.1, -0.05) is 113 Å². The average Bonchev–Trinajstić information content (AvgIpc) is 3.11. The Balaban J connectivity index is 1.01. The summed E-state index contributed by atoms with van der Waals surface area (Å²) in [5.41, 5.74) is 3.01. The van der Waals surface area contributed by atoms with Gasteiger partial charge in [0, 0.05) is 38.7 Å². The van der Waals surface area contributed by atoms with Crippen LogP contribution in [0.25, 0.3) is 0 Å². The number of hydrogen-bond acceptors (Lipinski definition) is 8. The van der Waals surface area contributed by atoms with Gasteiger partial charge in [0.15, 0.2) is 5.90 Å². The lowest BCUT2D eigenvalue weighted by Crippen LogP contribution is -2.46. The largest absolute Gasteiger partial charge is 0.511 e.